The first-order chi connectivity index (χ1) is 11.6. The summed E-state index contributed by atoms with van der Waals surface area (Å²) < 4.78 is 13.9. The first-order valence-corrected chi connectivity index (χ1v) is 7.88. The van der Waals surface area contributed by atoms with Crippen LogP contribution in [0.25, 0.3) is 0 Å². The number of rotatable bonds is 2. The molecule has 1 aliphatic carbocycles. The molecule has 0 bridgehead atoms. The number of guanidine groups is 1. The molecule has 0 radical (unpaired) electrons. The van der Waals surface area contributed by atoms with Gasteiger partial charge in [-0.15, -0.1) is 0 Å². The largest absolute Gasteiger partial charge is 0.337 e. The molecule has 0 spiro atoms. The van der Waals surface area contributed by atoms with E-state index in [0.717, 1.165) is 12.8 Å². The SMILES string of the molecule is O=C1N=C(N2CCN(C(=O)c3ncn[nH]3)CC2)N=C(C2CC2)C1F. The van der Waals surface area contributed by atoms with Crippen LogP contribution >= 0.6 is 0 Å². The van der Waals surface area contributed by atoms with E-state index < -0.39 is 12.1 Å². The number of carbonyl (C=O) groups excluding carboxylic acids is 2. The summed E-state index contributed by atoms with van der Waals surface area (Å²) in [6.07, 6.45) is 1.34. The quantitative estimate of drug-likeness (QED) is 0.796. The number of nitrogens with one attached hydrogen (secondary N) is 1. The zero-order valence-electron chi connectivity index (χ0n) is 12.9. The molecule has 24 heavy (non-hydrogen) atoms. The zero-order chi connectivity index (χ0) is 16.7. The first-order valence-electron chi connectivity index (χ1n) is 7.88. The van der Waals surface area contributed by atoms with Crippen molar-refractivity contribution in [2.45, 2.75) is 19.0 Å². The van der Waals surface area contributed by atoms with Crippen LogP contribution in [0.15, 0.2) is 16.3 Å². The highest BCUT2D eigenvalue weighted by molar-refractivity contribution is 6.18. The molecule has 1 atom stereocenters. The van der Waals surface area contributed by atoms with Crippen molar-refractivity contribution in [1.82, 2.24) is 25.0 Å². The number of nitrogens with zero attached hydrogens (tertiary/aromatic N) is 6. The predicted octanol–water partition coefficient (Wildman–Crippen LogP) is -0.352. The van der Waals surface area contributed by atoms with E-state index in [1.54, 1.807) is 4.90 Å². The monoisotopic (exact) mass is 333 g/mol. The third kappa shape index (κ3) is 2.68. The van der Waals surface area contributed by atoms with Gasteiger partial charge in [0.05, 0.1) is 5.71 Å². The Morgan fingerprint density at radius 2 is 1.96 bits per heavy atom. The van der Waals surface area contributed by atoms with Gasteiger partial charge in [-0.3, -0.25) is 14.7 Å². The maximum atomic E-state index is 13.9. The molecule has 3 heterocycles. The van der Waals surface area contributed by atoms with Crippen molar-refractivity contribution in [2.24, 2.45) is 15.9 Å². The van der Waals surface area contributed by atoms with Crippen LogP contribution in [0, 0.1) is 5.92 Å². The number of hydrogen-bond donors (Lipinski definition) is 1. The normalized spacial score (nSPS) is 24.7. The van der Waals surface area contributed by atoms with Crippen LogP contribution in [0.4, 0.5) is 4.39 Å². The Morgan fingerprint density at radius 1 is 1.21 bits per heavy atom. The number of hydrogen-bond acceptors (Lipinski definition) is 6. The molecule has 2 fully saturated rings. The summed E-state index contributed by atoms with van der Waals surface area (Å²) in [5.74, 6) is -0.462. The number of aromatic nitrogens is 3. The number of aromatic amines is 1. The number of amides is 2. The van der Waals surface area contributed by atoms with E-state index in [4.69, 9.17) is 0 Å². The second kappa shape index (κ2) is 5.77. The standard InChI is InChI=1S/C14H16FN7O2/c15-9-10(8-1-2-8)18-14(19-12(9)23)22-5-3-21(4-6-22)13(24)11-16-7-17-20-11/h7-9H,1-6H2,(H,16,17,20). The highest BCUT2D eigenvalue weighted by Crippen LogP contribution is 2.34. The van der Waals surface area contributed by atoms with Gasteiger partial charge < -0.3 is 9.80 Å². The van der Waals surface area contributed by atoms with Crippen LogP contribution in [0.2, 0.25) is 0 Å². The fourth-order valence-electron chi connectivity index (χ4n) is 2.87. The molecule has 1 N–H and O–H groups in total. The van der Waals surface area contributed by atoms with E-state index in [1.807, 2.05) is 4.90 Å². The number of aliphatic imine (C=N–C) groups is 2. The van der Waals surface area contributed by atoms with Crippen molar-refractivity contribution in [3.63, 3.8) is 0 Å². The molecule has 1 saturated heterocycles. The summed E-state index contributed by atoms with van der Waals surface area (Å²) in [7, 11) is 0. The molecule has 1 unspecified atom stereocenters. The summed E-state index contributed by atoms with van der Waals surface area (Å²) >= 11 is 0. The summed E-state index contributed by atoms with van der Waals surface area (Å²) in [5, 5.41) is 6.22. The molecule has 1 saturated carbocycles. The molecule has 4 rings (SSSR count). The van der Waals surface area contributed by atoms with E-state index in [-0.39, 0.29) is 23.6 Å². The Bertz CT molecular complexity index is 717. The lowest BCUT2D eigenvalue weighted by Gasteiger charge is -2.35. The maximum Gasteiger partial charge on any atom is 0.291 e. The topological polar surface area (TPSA) is 107 Å². The Balaban J connectivity index is 1.43. The van der Waals surface area contributed by atoms with Crippen LogP contribution in [-0.4, -0.2) is 80.8 Å². The van der Waals surface area contributed by atoms with Crippen molar-refractivity contribution in [2.75, 3.05) is 26.2 Å². The minimum Gasteiger partial charge on any atom is -0.337 e. The molecule has 9 nitrogen and oxygen atoms in total. The molecular formula is C14H16FN7O2. The molecule has 126 valence electrons. The Hall–Kier alpha value is -2.65. The minimum atomic E-state index is -1.70. The number of alkyl halides is 1. The summed E-state index contributed by atoms with van der Waals surface area (Å²) in [5.41, 5.74) is 0.310. The molecular weight excluding hydrogens is 317 g/mol. The average Bonchev–Trinajstić information content (AvgIpc) is 3.30. The average molecular weight is 333 g/mol. The van der Waals surface area contributed by atoms with Gasteiger partial charge in [-0.2, -0.15) is 10.1 Å². The highest BCUT2D eigenvalue weighted by Gasteiger charge is 2.40. The van der Waals surface area contributed by atoms with E-state index in [9.17, 15) is 14.0 Å². The predicted molar refractivity (Wildman–Crippen MR) is 81.4 cm³/mol. The van der Waals surface area contributed by atoms with Crippen molar-refractivity contribution < 1.29 is 14.0 Å². The molecule has 3 aliphatic rings. The molecule has 1 aromatic heterocycles. The van der Waals surface area contributed by atoms with Gasteiger partial charge >= 0.3 is 0 Å². The van der Waals surface area contributed by atoms with Crippen molar-refractivity contribution in [3.05, 3.63) is 12.2 Å². The van der Waals surface area contributed by atoms with Gasteiger partial charge in [0.1, 0.15) is 6.33 Å². The Kier molecular flexibility index (Phi) is 3.58. The van der Waals surface area contributed by atoms with Crippen LogP contribution < -0.4 is 0 Å². The summed E-state index contributed by atoms with van der Waals surface area (Å²) in [6.45, 7) is 1.84. The lowest BCUT2D eigenvalue weighted by atomic mass is 10.1. The number of H-pyrrole nitrogens is 1. The smallest absolute Gasteiger partial charge is 0.291 e. The van der Waals surface area contributed by atoms with Crippen LogP contribution in [0.1, 0.15) is 23.5 Å². The summed E-state index contributed by atoms with van der Waals surface area (Å²) in [6, 6.07) is 0. The van der Waals surface area contributed by atoms with E-state index in [1.165, 1.54) is 6.33 Å². The fraction of sp³-hybridized carbons (Fsp3) is 0.571. The van der Waals surface area contributed by atoms with Gasteiger partial charge in [0.2, 0.25) is 18.0 Å². The lowest BCUT2D eigenvalue weighted by molar-refractivity contribution is -0.120. The Labute approximate surface area is 136 Å². The summed E-state index contributed by atoms with van der Waals surface area (Å²) in [4.78, 5) is 39.3. The highest BCUT2D eigenvalue weighted by atomic mass is 19.1. The van der Waals surface area contributed by atoms with E-state index in [2.05, 4.69) is 25.2 Å². The lowest BCUT2D eigenvalue weighted by Crippen LogP contribution is -2.51. The van der Waals surface area contributed by atoms with Crippen molar-refractivity contribution in [1.29, 1.82) is 0 Å². The molecule has 2 amide bonds. The van der Waals surface area contributed by atoms with Gasteiger partial charge in [-0.25, -0.2) is 14.4 Å². The van der Waals surface area contributed by atoms with Gasteiger partial charge in [-0.1, -0.05) is 0 Å². The van der Waals surface area contributed by atoms with Gasteiger partial charge in [0.15, 0.2) is 0 Å². The first kappa shape index (κ1) is 14.9. The minimum absolute atomic E-state index is 0.0729. The number of halogens is 1. The van der Waals surface area contributed by atoms with Crippen LogP contribution in [-0.2, 0) is 4.79 Å². The molecule has 10 heteroatoms. The number of carbonyl (C=O) groups is 2. The Morgan fingerprint density at radius 3 is 2.58 bits per heavy atom. The molecule has 1 aromatic rings. The third-order valence-electron chi connectivity index (χ3n) is 4.38. The maximum absolute atomic E-state index is 13.9. The fourth-order valence-corrected chi connectivity index (χ4v) is 2.87. The van der Waals surface area contributed by atoms with Crippen LogP contribution in [0.3, 0.4) is 0 Å². The second-order valence-corrected chi connectivity index (χ2v) is 6.04. The molecule has 2 aliphatic heterocycles. The van der Waals surface area contributed by atoms with Gasteiger partial charge in [-0.05, 0) is 12.8 Å². The van der Waals surface area contributed by atoms with Crippen molar-refractivity contribution in [3.8, 4) is 0 Å². The van der Waals surface area contributed by atoms with E-state index >= 15 is 0 Å². The van der Waals surface area contributed by atoms with E-state index in [0.29, 0.717) is 31.9 Å². The van der Waals surface area contributed by atoms with Gasteiger partial charge in [0, 0.05) is 32.1 Å². The van der Waals surface area contributed by atoms with Crippen LogP contribution in [0.5, 0.6) is 0 Å². The second-order valence-electron chi connectivity index (χ2n) is 6.04. The van der Waals surface area contributed by atoms with Gasteiger partial charge in [0.25, 0.3) is 11.8 Å². The molecule has 0 aromatic carbocycles. The zero-order valence-corrected chi connectivity index (χ0v) is 12.9. The number of piperazine rings is 1. The van der Waals surface area contributed by atoms with Crippen molar-refractivity contribution >= 4 is 23.5 Å². The third-order valence-corrected chi connectivity index (χ3v) is 4.38.